The molecule has 0 saturated heterocycles. The van der Waals surface area contributed by atoms with Crippen molar-refractivity contribution in [2.24, 2.45) is 0 Å². The summed E-state index contributed by atoms with van der Waals surface area (Å²) in [4.78, 5) is 8.59. The lowest BCUT2D eigenvalue weighted by molar-refractivity contribution is 0.315. The summed E-state index contributed by atoms with van der Waals surface area (Å²) in [5.41, 5.74) is 3.21. The van der Waals surface area contributed by atoms with Gasteiger partial charge in [-0.1, -0.05) is 13.8 Å². The predicted molar refractivity (Wildman–Crippen MR) is 84.4 cm³/mol. The zero-order valence-corrected chi connectivity index (χ0v) is 13.0. The summed E-state index contributed by atoms with van der Waals surface area (Å²) in [6.45, 7) is 7.62. The molecule has 2 aromatic rings. The molecule has 21 heavy (non-hydrogen) atoms. The van der Waals surface area contributed by atoms with E-state index < -0.39 is 0 Å². The summed E-state index contributed by atoms with van der Waals surface area (Å²) in [7, 11) is 0. The van der Waals surface area contributed by atoms with Crippen LogP contribution in [0.25, 0.3) is 0 Å². The average Bonchev–Trinajstić information content (AvgIpc) is 2.48. The van der Waals surface area contributed by atoms with Gasteiger partial charge < -0.3 is 10.1 Å². The van der Waals surface area contributed by atoms with E-state index in [1.165, 1.54) is 5.56 Å². The van der Waals surface area contributed by atoms with Gasteiger partial charge in [0, 0.05) is 37.1 Å². The van der Waals surface area contributed by atoms with Crippen molar-refractivity contribution >= 4 is 0 Å². The summed E-state index contributed by atoms with van der Waals surface area (Å²) >= 11 is 0. The van der Waals surface area contributed by atoms with Crippen molar-refractivity contribution in [2.75, 3.05) is 6.61 Å². The Morgan fingerprint density at radius 1 is 1.14 bits per heavy atom. The van der Waals surface area contributed by atoms with Gasteiger partial charge in [0.25, 0.3) is 0 Å². The number of hydrogen-bond acceptors (Lipinski definition) is 4. The normalized spacial score (nSPS) is 10.9. The Morgan fingerprint density at radius 2 is 1.90 bits per heavy atom. The van der Waals surface area contributed by atoms with Crippen molar-refractivity contribution in [3.63, 3.8) is 0 Å². The highest BCUT2D eigenvalue weighted by atomic mass is 16.5. The maximum Gasteiger partial charge on any atom is 0.142 e. The van der Waals surface area contributed by atoms with Gasteiger partial charge in [-0.25, -0.2) is 0 Å². The van der Waals surface area contributed by atoms with E-state index in [4.69, 9.17) is 4.74 Å². The molecule has 0 atom stereocenters. The average molecular weight is 285 g/mol. The zero-order valence-electron chi connectivity index (χ0n) is 13.0. The molecule has 4 heteroatoms. The lowest BCUT2D eigenvalue weighted by Crippen LogP contribution is -2.23. The van der Waals surface area contributed by atoms with Gasteiger partial charge >= 0.3 is 0 Å². The van der Waals surface area contributed by atoms with E-state index in [-0.39, 0.29) is 0 Å². The molecule has 0 spiro atoms. The number of ether oxygens (including phenoxy) is 1. The van der Waals surface area contributed by atoms with E-state index in [9.17, 15) is 0 Å². The van der Waals surface area contributed by atoms with Crippen LogP contribution in [0.5, 0.6) is 5.75 Å². The molecule has 112 valence electrons. The standard InChI is InChI=1S/C17H23N3O/c1-13(2)19-12-16-17(5-4-14(3)20-16)21-11-8-15-6-9-18-10-7-15/h4-7,9-10,13,19H,8,11-12H2,1-3H3. The molecule has 1 N–H and O–H groups in total. The topological polar surface area (TPSA) is 47.0 Å². The second-order valence-corrected chi connectivity index (χ2v) is 5.39. The van der Waals surface area contributed by atoms with Gasteiger partial charge in [0.15, 0.2) is 0 Å². The fourth-order valence-corrected chi connectivity index (χ4v) is 1.98. The third kappa shape index (κ3) is 5.16. The van der Waals surface area contributed by atoms with E-state index in [1.807, 2.05) is 31.2 Å². The molecular weight excluding hydrogens is 262 g/mol. The van der Waals surface area contributed by atoms with Crippen molar-refractivity contribution in [2.45, 2.75) is 39.8 Å². The molecule has 0 unspecified atom stereocenters. The first-order chi connectivity index (χ1) is 10.1. The highest BCUT2D eigenvalue weighted by Crippen LogP contribution is 2.17. The molecular formula is C17H23N3O. The van der Waals surface area contributed by atoms with Crippen LogP contribution in [0.2, 0.25) is 0 Å². The molecule has 4 nitrogen and oxygen atoms in total. The number of aromatic nitrogens is 2. The van der Waals surface area contributed by atoms with Crippen molar-refractivity contribution in [3.8, 4) is 5.75 Å². The molecule has 0 aromatic carbocycles. The maximum absolute atomic E-state index is 5.91. The second-order valence-electron chi connectivity index (χ2n) is 5.39. The smallest absolute Gasteiger partial charge is 0.142 e. The quantitative estimate of drug-likeness (QED) is 0.849. The molecule has 0 amide bonds. The summed E-state index contributed by atoms with van der Waals surface area (Å²) in [5.74, 6) is 0.864. The number of nitrogens with one attached hydrogen (secondary N) is 1. The minimum absolute atomic E-state index is 0.428. The summed E-state index contributed by atoms with van der Waals surface area (Å²) in [6.07, 6.45) is 4.48. The predicted octanol–water partition coefficient (Wildman–Crippen LogP) is 2.90. The third-order valence-electron chi connectivity index (χ3n) is 3.15. The monoisotopic (exact) mass is 285 g/mol. The van der Waals surface area contributed by atoms with Crippen molar-refractivity contribution in [3.05, 3.63) is 53.6 Å². The highest BCUT2D eigenvalue weighted by molar-refractivity contribution is 5.29. The van der Waals surface area contributed by atoms with Gasteiger partial charge in [-0.15, -0.1) is 0 Å². The molecule has 2 aromatic heterocycles. The molecule has 0 fully saturated rings. The third-order valence-corrected chi connectivity index (χ3v) is 3.15. The SMILES string of the molecule is Cc1ccc(OCCc2ccncc2)c(CNC(C)C)n1. The zero-order chi connectivity index (χ0) is 15.1. The Hall–Kier alpha value is -1.94. The minimum Gasteiger partial charge on any atom is -0.491 e. The van der Waals surface area contributed by atoms with Crippen molar-refractivity contribution in [1.29, 1.82) is 0 Å². The van der Waals surface area contributed by atoms with Crippen LogP contribution in [0.3, 0.4) is 0 Å². The van der Waals surface area contributed by atoms with Crippen LogP contribution in [0.4, 0.5) is 0 Å². The molecule has 0 bridgehead atoms. The lowest BCUT2D eigenvalue weighted by atomic mass is 10.2. The van der Waals surface area contributed by atoms with E-state index in [0.29, 0.717) is 12.6 Å². The lowest BCUT2D eigenvalue weighted by Gasteiger charge is -2.13. The van der Waals surface area contributed by atoms with Gasteiger partial charge in [-0.05, 0) is 36.8 Å². The molecule has 0 aliphatic heterocycles. The largest absolute Gasteiger partial charge is 0.491 e. The van der Waals surface area contributed by atoms with E-state index >= 15 is 0 Å². The number of pyridine rings is 2. The van der Waals surface area contributed by atoms with Gasteiger partial charge in [0.1, 0.15) is 5.75 Å². The van der Waals surface area contributed by atoms with Gasteiger partial charge in [0.05, 0.1) is 12.3 Å². The van der Waals surface area contributed by atoms with Crippen LogP contribution in [0, 0.1) is 6.92 Å². The molecule has 0 aliphatic carbocycles. The van der Waals surface area contributed by atoms with Crippen LogP contribution in [0.15, 0.2) is 36.7 Å². The first-order valence-corrected chi connectivity index (χ1v) is 7.37. The van der Waals surface area contributed by atoms with E-state index in [1.54, 1.807) is 12.4 Å². The highest BCUT2D eigenvalue weighted by Gasteiger charge is 2.07. The number of hydrogen-bond donors (Lipinski definition) is 1. The van der Waals surface area contributed by atoms with Crippen LogP contribution < -0.4 is 10.1 Å². The first kappa shape index (κ1) is 15.4. The van der Waals surface area contributed by atoms with Crippen LogP contribution in [-0.2, 0) is 13.0 Å². The maximum atomic E-state index is 5.91. The summed E-state index contributed by atoms with van der Waals surface area (Å²) < 4.78 is 5.91. The fourth-order valence-electron chi connectivity index (χ4n) is 1.98. The molecule has 2 rings (SSSR count). The van der Waals surface area contributed by atoms with Crippen LogP contribution >= 0.6 is 0 Å². The Morgan fingerprint density at radius 3 is 2.62 bits per heavy atom. The molecule has 2 heterocycles. The minimum atomic E-state index is 0.428. The van der Waals surface area contributed by atoms with Gasteiger partial charge in [-0.3, -0.25) is 9.97 Å². The van der Waals surface area contributed by atoms with Crippen molar-refractivity contribution < 1.29 is 4.74 Å². The van der Waals surface area contributed by atoms with Gasteiger partial charge in [0.2, 0.25) is 0 Å². The van der Waals surface area contributed by atoms with E-state index in [0.717, 1.165) is 30.1 Å². The summed E-state index contributed by atoms with van der Waals surface area (Å²) in [5, 5.41) is 3.39. The Kier molecular flexibility index (Phi) is 5.69. The Balaban J connectivity index is 1.95. The van der Waals surface area contributed by atoms with Crippen LogP contribution in [-0.4, -0.2) is 22.6 Å². The second kappa shape index (κ2) is 7.74. The van der Waals surface area contributed by atoms with E-state index in [2.05, 4.69) is 29.1 Å². The van der Waals surface area contributed by atoms with Crippen molar-refractivity contribution in [1.82, 2.24) is 15.3 Å². The molecule has 0 radical (unpaired) electrons. The Bertz CT molecular complexity index is 555. The number of nitrogens with zero attached hydrogens (tertiary/aromatic N) is 2. The number of rotatable bonds is 7. The summed E-state index contributed by atoms with van der Waals surface area (Å²) in [6, 6.07) is 8.44. The molecule has 0 aliphatic rings. The number of aryl methyl sites for hydroxylation is 1. The first-order valence-electron chi connectivity index (χ1n) is 7.37. The van der Waals surface area contributed by atoms with Crippen LogP contribution in [0.1, 0.15) is 30.8 Å². The Labute approximate surface area is 126 Å². The fraction of sp³-hybridized carbons (Fsp3) is 0.412. The van der Waals surface area contributed by atoms with Gasteiger partial charge in [-0.2, -0.15) is 0 Å². The molecule has 0 saturated carbocycles.